The number of allylic oxidation sites excluding steroid dienone is 1. The van der Waals surface area contributed by atoms with Crippen LogP contribution in [0.5, 0.6) is 5.75 Å². The third-order valence-electron chi connectivity index (χ3n) is 2.58. The topological polar surface area (TPSA) is 89.8 Å². The Morgan fingerprint density at radius 3 is 2.89 bits per heavy atom. The second kappa shape index (κ2) is 8.13. The van der Waals surface area contributed by atoms with Gasteiger partial charge in [0.15, 0.2) is 0 Å². The minimum absolute atomic E-state index is 0.0862. The number of amides is 1. The quantitative estimate of drug-likeness (QED) is 0.201. The SMILES string of the molecule is O=C(/C=C/CCC[C@@H](O)c1cc(I)ccc1O)NO. The lowest BCUT2D eigenvalue weighted by molar-refractivity contribution is -0.124. The van der Waals surface area contributed by atoms with Gasteiger partial charge in [-0.05, 0) is 60.1 Å². The highest BCUT2D eigenvalue weighted by atomic mass is 127. The van der Waals surface area contributed by atoms with Crippen LogP contribution in [0.25, 0.3) is 0 Å². The molecule has 4 N–H and O–H groups in total. The van der Waals surface area contributed by atoms with Crippen molar-refractivity contribution < 1.29 is 20.2 Å². The van der Waals surface area contributed by atoms with E-state index in [1.165, 1.54) is 11.6 Å². The van der Waals surface area contributed by atoms with Gasteiger partial charge < -0.3 is 10.2 Å². The van der Waals surface area contributed by atoms with Crippen LogP contribution in [0.2, 0.25) is 0 Å². The molecule has 6 heteroatoms. The van der Waals surface area contributed by atoms with E-state index in [4.69, 9.17) is 5.21 Å². The van der Waals surface area contributed by atoms with Crippen LogP contribution in [-0.2, 0) is 4.79 Å². The molecule has 0 unspecified atom stereocenters. The molecule has 104 valence electrons. The largest absolute Gasteiger partial charge is 0.508 e. The Labute approximate surface area is 125 Å². The van der Waals surface area contributed by atoms with Crippen LogP contribution in [0.15, 0.2) is 30.4 Å². The van der Waals surface area contributed by atoms with Gasteiger partial charge in [0.1, 0.15) is 5.75 Å². The minimum Gasteiger partial charge on any atom is -0.508 e. The summed E-state index contributed by atoms with van der Waals surface area (Å²) in [5.41, 5.74) is 2.01. The zero-order valence-electron chi connectivity index (χ0n) is 10.2. The van der Waals surface area contributed by atoms with Gasteiger partial charge in [-0.25, -0.2) is 5.48 Å². The molecule has 0 aromatic heterocycles. The van der Waals surface area contributed by atoms with E-state index in [2.05, 4.69) is 22.6 Å². The van der Waals surface area contributed by atoms with E-state index in [0.717, 1.165) is 3.57 Å². The third-order valence-corrected chi connectivity index (χ3v) is 3.25. The van der Waals surface area contributed by atoms with Crippen molar-refractivity contribution in [1.82, 2.24) is 5.48 Å². The van der Waals surface area contributed by atoms with Gasteiger partial charge >= 0.3 is 0 Å². The first-order valence-electron chi connectivity index (χ1n) is 5.81. The number of unbranched alkanes of at least 4 members (excludes halogenated alkanes) is 1. The van der Waals surface area contributed by atoms with Crippen LogP contribution in [0.4, 0.5) is 0 Å². The van der Waals surface area contributed by atoms with Crippen molar-refractivity contribution in [1.29, 1.82) is 0 Å². The van der Waals surface area contributed by atoms with Gasteiger partial charge in [-0.15, -0.1) is 0 Å². The Kier molecular flexibility index (Phi) is 6.82. The average molecular weight is 377 g/mol. The van der Waals surface area contributed by atoms with E-state index in [1.807, 2.05) is 0 Å². The molecule has 0 saturated heterocycles. The first kappa shape index (κ1) is 15.9. The maximum atomic E-state index is 10.7. The van der Waals surface area contributed by atoms with Crippen molar-refractivity contribution in [2.45, 2.75) is 25.4 Å². The maximum absolute atomic E-state index is 10.7. The van der Waals surface area contributed by atoms with E-state index in [0.29, 0.717) is 24.8 Å². The number of aliphatic hydroxyl groups is 1. The second-order valence-corrected chi connectivity index (χ2v) is 5.27. The normalized spacial score (nSPS) is 12.6. The number of phenols is 1. The number of halogens is 1. The summed E-state index contributed by atoms with van der Waals surface area (Å²) in [7, 11) is 0. The number of rotatable bonds is 6. The summed E-state index contributed by atoms with van der Waals surface area (Å²) in [5.74, 6) is -0.487. The second-order valence-electron chi connectivity index (χ2n) is 4.03. The standard InChI is InChI=1S/C13H16INO4/c14-9-6-7-12(17)10(8-9)11(16)4-2-1-3-5-13(18)15-19/h3,5-8,11,16-17,19H,1-2,4H2,(H,15,18)/b5-3+/t11-/m1/s1. The smallest absolute Gasteiger partial charge is 0.267 e. The number of benzene rings is 1. The molecule has 1 amide bonds. The summed E-state index contributed by atoms with van der Waals surface area (Å²) in [4.78, 5) is 10.7. The number of hydroxylamine groups is 1. The van der Waals surface area contributed by atoms with E-state index in [9.17, 15) is 15.0 Å². The molecule has 0 aliphatic heterocycles. The van der Waals surface area contributed by atoms with Crippen molar-refractivity contribution in [3.8, 4) is 5.75 Å². The van der Waals surface area contributed by atoms with Gasteiger partial charge in [0.05, 0.1) is 6.10 Å². The van der Waals surface area contributed by atoms with Crippen LogP contribution in [-0.4, -0.2) is 21.3 Å². The molecular formula is C13H16INO4. The number of hydrogen-bond acceptors (Lipinski definition) is 4. The summed E-state index contributed by atoms with van der Waals surface area (Å²) in [6.07, 6.45) is 3.88. The van der Waals surface area contributed by atoms with Crippen LogP contribution in [0.3, 0.4) is 0 Å². The van der Waals surface area contributed by atoms with E-state index < -0.39 is 12.0 Å². The van der Waals surface area contributed by atoms with Crippen molar-refractivity contribution in [2.75, 3.05) is 0 Å². The van der Waals surface area contributed by atoms with Crippen LogP contribution < -0.4 is 5.48 Å². The van der Waals surface area contributed by atoms with Gasteiger partial charge in [0, 0.05) is 15.2 Å². The van der Waals surface area contributed by atoms with E-state index >= 15 is 0 Å². The van der Waals surface area contributed by atoms with E-state index in [-0.39, 0.29) is 5.75 Å². The van der Waals surface area contributed by atoms with Crippen molar-refractivity contribution in [2.24, 2.45) is 0 Å². The lowest BCUT2D eigenvalue weighted by Gasteiger charge is -2.12. The Morgan fingerprint density at radius 2 is 2.21 bits per heavy atom. The zero-order valence-corrected chi connectivity index (χ0v) is 12.4. The third kappa shape index (κ3) is 5.58. The number of nitrogens with one attached hydrogen (secondary N) is 1. The minimum atomic E-state index is -0.727. The molecule has 0 radical (unpaired) electrons. The van der Waals surface area contributed by atoms with Gasteiger partial charge in [-0.1, -0.05) is 6.08 Å². The highest BCUT2D eigenvalue weighted by Crippen LogP contribution is 2.29. The van der Waals surface area contributed by atoms with Crippen LogP contribution >= 0.6 is 22.6 Å². The van der Waals surface area contributed by atoms with Crippen molar-refractivity contribution in [3.05, 3.63) is 39.5 Å². The Morgan fingerprint density at radius 1 is 1.47 bits per heavy atom. The van der Waals surface area contributed by atoms with Gasteiger partial charge in [-0.3, -0.25) is 10.0 Å². The van der Waals surface area contributed by atoms with Crippen molar-refractivity contribution in [3.63, 3.8) is 0 Å². The average Bonchev–Trinajstić information content (AvgIpc) is 2.40. The summed E-state index contributed by atoms with van der Waals surface area (Å²) in [6.45, 7) is 0. The zero-order chi connectivity index (χ0) is 14.3. The molecule has 1 atom stereocenters. The molecule has 1 aromatic rings. The van der Waals surface area contributed by atoms with Gasteiger partial charge in [-0.2, -0.15) is 0 Å². The van der Waals surface area contributed by atoms with Crippen LogP contribution in [0, 0.1) is 3.57 Å². The first-order valence-corrected chi connectivity index (χ1v) is 6.89. The fourth-order valence-electron chi connectivity index (χ4n) is 1.60. The molecule has 0 bridgehead atoms. The molecular weight excluding hydrogens is 361 g/mol. The van der Waals surface area contributed by atoms with Gasteiger partial charge in [0.2, 0.25) is 0 Å². The molecule has 5 nitrogen and oxygen atoms in total. The summed E-state index contributed by atoms with van der Waals surface area (Å²) >= 11 is 2.12. The summed E-state index contributed by atoms with van der Waals surface area (Å²) in [5, 5.41) is 27.9. The lowest BCUT2D eigenvalue weighted by atomic mass is 10.0. The predicted octanol–water partition coefficient (Wildman–Crippen LogP) is 2.26. The number of carbonyl (C=O) groups excluding carboxylic acids is 1. The number of aliphatic hydroxyl groups excluding tert-OH is 1. The monoisotopic (exact) mass is 377 g/mol. The fourth-order valence-corrected chi connectivity index (χ4v) is 2.12. The molecule has 0 aliphatic rings. The van der Waals surface area contributed by atoms with E-state index in [1.54, 1.807) is 24.3 Å². The number of aromatic hydroxyl groups is 1. The van der Waals surface area contributed by atoms with Gasteiger partial charge in [0.25, 0.3) is 5.91 Å². The Bertz CT molecular complexity index is 462. The van der Waals surface area contributed by atoms with Crippen molar-refractivity contribution >= 4 is 28.5 Å². The Hall–Kier alpha value is -1.12. The molecule has 19 heavy (non-hydrogen) atoms. The molecule has 1 aromatic carbocycles. The lowest BCUT2D eigenvalue weighted by Crippen LogP contribution is -2.14. The fraction of sp³-hybridized carbons (Fsp3) is 0.308. The molecule has 0 heterocycles. The highest BCUT2D eigenvalue weighted by molar-refractivity contribution is 14.1. The molecule has 1 rings (SSSR count). The molecule has 0 fully saturated rings. The first-order chi connectivity index (χ1) is 9.04. The number of carbonyl (C=O) groups is 1. The highest BCUT2D eigenvalue weighted by Gasteiger charge is 2.12. The number of phenolic OH excluding ortho intramolecular Hbond substituents is 1. The molecule has 0 saturated carbocycles. The number of hydrogen-bond donors (Lipinski definition) is 4. The maximum Gasteiger partial charge on any atom is 0.267 e. The molecule has 0 spiro atoms. The molecule has 0 aliphatic carbocycles. The predicted molar refractivity (Wildman–Crippen MR) is 78.7 cm³/mol. The van der Waals surface area contributed by atoms with Crippen LogP contribution in [0.1, 0.15) is 30.9 Å². The summed E-state index contributed by atoms with van der Waals surface area (Å²) in [6, 6.07) is 5.07. The Balaban J connectivity index is 2.43. The summed E-state index contributed by atoms with van der Waals surface area (Å²) < 4.78 is 0.948.